The molecule has 2 rings (SSSR count). The van der Waals surface area contributed by atoms with Crippen LogP contribution < -0.4 is 10.9 Å². The van der Waals surface area contributed by atoms with Crippen molar-refractivity contribution in [3.63, 3.8) is 0 Å². The first-order chi connectivity index (χ1) is 11.2. The number of carbonyl (C=O) groups excluding carboxylic acids is 1. The highest BCUT2D eigenvalue weighted by Crippen LogP contribution is 2.30. The van der Waals surface area contributed by atoms with E-state index in [1.807, 2.05) is 0 Å². The summed E-state index contributed by atoms with van der Waals surface area (Å²) in [7, 11) is 0. The van der Waals surface area contributed by atoms with Gasteiger partial charge in [0.1, 0.15) is 0 Å². The third-order valence-electron chi connectivity index (χ3n) is 3.44. The van der Waals surface area contributed by atoms with Crippen LogP contribution >= 0.6 is 0 Å². The highest BCUT2D eigenvalue weighted by molar-refractivity contribution is 5.78. The smallest absolute Gasteiger partial charge is 0.385 e. The van der Waals surface area contributed by atoms with Crippen LogP contribution in [0, 0.1) is 0 Å². The van der Waals surface area contributed by atoms with Gasteiger partial charge in [-0.1, -0.05) is 36.4 Å². The van der Waals surface area contributed by atoms with Gasteiger partial charge >= 0.3 is 6.18 Å². The Morgan fingerprint density at radius 1 is 1.04 bits per heavy atom. The number of hydrazine groups is 1. The molecular weight excluding hydrogens is 321 g/mol. The Labute approximate surface area is 137 Å². The van der Waals surface area contributed by atoms with E-state index >= 15 is 0 Å². The van der Waals surface area contributed by atoms with E-state index in [1.165, 1.54) is 19.1 Å². The lowest BCUT2D eigenvalue weighted by molar-refractivity contribution is -0.137. The Bertz CT molecular complexity index is 700. The minimum Gasteiger partial charge on any atom is -0.385 e. The standard InChI is InChI=1S/C17H17F3N2O2/c1-16(24,12-6-3-2-4-7-12)11-15(23)22-21-14-9-5-8-13(10-14)17(18,19)20/h2-10,21,24H,11H2,1H3,(H,22,23). The van der Waals surface area contributed by atoms with Crippen LogP contribution in [0.4, 0.5) is 18.9 Å². The average molecular weight is 338 g/mol. The van der Waals surface area contributed by atoms with E-state index in [2.05, 4.69) is 10.9 Å². The normalized spacial score (nSPS) is 13.9. The SMILES string of the molecule is CC(O)(CC(=O)NNc1cccc(C(F)(F)F)c1)c1ccccc1. The molecule has 0 fully saturated rings. The first kappa shape index (κ1) is 17.8. The summed E-state index contributed by atoms with van der Waals surface area (Å²) >= 11 is 0. The zero-order valence-corrected chi connectivity index (χ0v) is 12.9. The van der Waals surface area contributed by atoms with Crippen LogP contribution in [0.3, 0.4) is 0 Å². The van der Waals surface area contributed by atoms with Gasteiger partial charge < -0.3 is 5.11 Å². The zero-order chi connectivity index (χ0) is 17.8. The maximum absolute atomic E-state index is 12.6. The second-order valence-corrected chi connectivity index (χ2v) is 5.57. The summed E-state index contributed by atoms with van der Waals surface area (Å²) in [4.78, 5) is 11.9. The summed E-state index contributed by atoms with van der Waals surface area (Å²) in [5.74, 6) is -0.554. The van der Waals surface area contributed by atoms with E-state index < -0.39 is 23.2 Å². The maximum Gasteiger partial charge on any atom is 0.416 e. The second kappa shape index (κ2) is 6.92. The van der Waals surface area contributed by atoms with Crippen molar-refractivity contribution in [1.29, 1.82) is 0 Å². The Balaban J connectivity index is 1.96. The molecule has 0 spiro atoms. The number of aliphatic hydroxyl groups is 1. The van der Waals surface area contributed by atoms with Gasteiger partial charge in [0.05, 0.1) is 23.3 Å². The number of benzene rings is 2. The van der Waals surface area contributed by atoms with Crippen LogP contribution in [-0.4, -0.2) is 11.0 Å². The zero-order valence-electron chi connectivity index (χ0n) is 12.9. The predicted molar refractivity (Wildman–Crippen MR) is 83.8 cm³/mol. The second-order valence-electron chi connectivity index (χ2n) is 5.57. The van der Waals surface area contributed by atoms with E-state index in [9.17, 15) is 23.1 Å². The fraction of sp³-hybridized carbons (Fsp3) is 0.235. The largest absolute Gasteiger partial charge is 0.416 e. The predicted octanol–water partition coefficient (Wildman–Crippen LogP) is 3.45. The van der Waals surface area contributed by atoms with Crippen molar-refractivity contribution in [3.8, 4) is 0 Å². The summed E-state index contributed by atoms with van der Waals surface area (Å²) in [6.45, 7) is 1.49. The van der Waals surface area contributed by atoms with Crippen molar-refractivity contribution in [2.45, 2.75) is 25.1 Å². The number of halogens is 3. The Morgan fingerprint density at radius 3 is 2.29 bits per heavy atom. The molecular formula is C17H17F3N2O2. The van der Waals surface area contributed by atoms with Gasteiger partial charge in [0, 0.05) is 0 Å². The molecule has 7 heteroatoms. The molecule has 0 aliphatic rings. The third-order valence-corrected chi connectivity index (χ3v) is 3.44. The summed E-state index contributed by atoms with van der Waals surface area (Å²) in [5, 5.41) is 10.4. The van der Waals surface area contributed by atoms with Crippen LogP contribution in [0.25, 0.3) is 0 Å². The van der Waals surface area contributed by atoms with E-state index in [1.54, 1.807) is 30.3 Å². The molecule has 1 unspecified atom stereocenters. The molecule has 2 aromatic carbocycles. The maximum atomic E-state index is 12.6. The van der Waals surface area contributed by atoms with Gasteiger partial charge in [-0.2, -0.15) is 13.2 Å². The molecule has 3 N–H and O–H groups in total. The van der Waals surface area contributed by atoms with E-state index in [0.717, 1.165) is 12.1 Å². The highest BCUT2D eigenvalue weighted by Gasteiger charge is 2.30. The van der Waals surface area contributed by atoms with Crippen molar-refractivity contribution >= 4 is 11.6 Å². The molecule has 0 aromatic heterocycles. The monoisotopic (exact) mass is 338 g/mol. The van der Waals surface area contributed by atoms with Crippen molar-refractivity contribution in [2.24, 2.45) is 0 Å². The minimum atomic E-state index is -4.46. The molecule has 2 aromatic rings. The van der Waals surface area contributed by atoms with E-state index in [-0.39, 0.29) is 12.1 Å². The molecule has 0 saturated carbocycles. The summed E-state index contributed by atoms with van der Waals surface area (Å²) in [6, 6.07) is 13.1. The number of amides is 1. The Kier molecular flexibility index (Phi) is 5.14. The van der Waals surface area contributed by atoms with Gasteiger partial charge in [-0.25, -0.2) is 0 Å². The number of hydrogen-bond acceptors (Lipinski definition) is 3. The number of anilines is 1. The Morgan fingerprint density at radius 2 is 1.67 bits per heavy atom. The number of alkyl halides is 3. The molecule has 1 atom stereocenters. The first-order valence-corrected chi connectivity index (χ1v) is 7.18. The van der Waals surface area contributed by atoms with Gasteiger partial charge in [0.15, 0.2) is 0 Å². The molecule has 4 nitrogen and oxygen atoms in total. The summed E-state index contributed by atoms with van der Waals surface area (Å²) in [5.41, 5.74) is 3.16. The number of carbonyl (C=O) groups is 1. The number of nitrogens with one attached hydrogen (secondary N) is 2. The fourth-order valence-corrected chi connectivity index (χ4v) is 2.17. The van der Waals surface area contributed by atoms with Crippen LogP contribution in [-0.2, 0) is 16.6 Å². The molecule has 0 aliphatic heterocycles. The van der Waals surface area contributed by atoms with Gasteiger partial charge in [-0.3, -0.25) is 15.6 Å². The van der Waals surface area contributed by atoms with Crippen LogP contribution in [0.15, 0.2) is 54.6 Å². The third kappa shape index (κ3) is 4.73. The van der Waals surface area contributed by atoms with Crippen molar-refractivity contribution in [1.82, 2.24) is 5.43 Å². The average Bonchev–Trinajstić information content (AvgIpc) is 2.53. The molecule has 24 heavy (non-hydrogen) atoms. The molecule has 128 valence electrons. The number of hydrogen-bond donors (Lipinski definition) is 3. The van der Waals surface area contributed by atoms with Gasteiger partial charge in [0.2, 0.25) is 5.91 Å². The topological polar surface area (TPSA) is 61.4 Å². The number of rotatable bonds is 5. The van der Waals surface area contributed by atoms with Gasteiger partial charge in [0.25, 0.3) is 0 Å². The first-order valence-electron chi connectivity index (χ1n) is 7.18. The highest BCUT2D eigenvalue weighted by atomic mass is 19.4. The van der Waals surface area contributed by atoms with Crippen molar-refractivity contribution in [3.05, 3.63) is 65.7 Å². The molecule has 0 aliphatic carbocycles. The minimum absolute atomic E-state index is 0.0949. The lowest BCUT2D eigenvalue weighted by Gasteiger charge is -2.23. The van der Waals surface area contributed by atoms with Crippen LogP contribution in [0.1, 0.15) is 24.5 Å². The van der Waals surface area contributed by atoms with Crippen LogP contribution in [0.2, 0.25) is 0 Å². The molecule has 0 bridgehead atoms. The lowest BCUT2D eigenvalue weighted by Crippen LogP contribution is -2.35. The van der Waals surface area contributed by atoms with Crippen molar-refractivity contribution < 1.29 is 23.1 Å². The van der Waals surface area contributed by atoms with Crippen LogP contribution in [0.5, 0.6) is 0 Å². The molecule has 0 saturated heterocycles. The fourth-order valence-electron chi connectivity index (χ4n) is 2.17. The summed E-state index contributed by atoms with van der Waals surface area (Å²) in [6.07, 6.45) is -4.71. The molecule has 0 radical (unpaired) electrons. The molecule has 1 amide bonds. The molecule has 0 heterocycles. The van der Waals surface area contributed by atoms with E-state index in [4.69, 9.17) is 0 Å². The quantitative estimate of drug-likeness (QED) is 0.732. The lowest BCUT2D eigenvalue weighted by atomic mass is 9.92. The summed E-state index contributed by atoms with van der Waals surface area (Å²) < 4.78 is 37.9. The van der Waals surface area contributed by atoms with Gasteiger partial charge in [-0.15, -0.1) is 0 Å². The Hall–Kier alpha value is -2.54. The van der Waals surface area contributed by atoms with Gasteiger partial charge in [-0.05, 0) is 30.7 Å². The van der Waals surface area contributed by atoms with Crippen molar-refractivity contribution in [2.75, 3.05) is 5.43 Å². The van der Waals surface area contributed by atoms with E-state index in [0.29, 0.717) is 5.56 Å².